The summed E-state index contributed by atoms with van der Waals surface area (Å²) in [6.07, 6.45) is 0.984. The molecule has 0 radical (unpaired) electrons. The summed E-state index contributed by atoms with van der Waals surface area (Å²) in [5, 5.41) is 4.03. The van der Waals surface area contributed by atoms with Gasteiger partial charge in [0.2, 0.25) is 5.91 Å². The van der Waals surface area contributed by atoms with Crippen molar-refractivity contribution in [3.05, 3.63) is 29.8 Å². The molecule has 0 spiro atoms. The van der Waals surface area contributed by atoms with E-state index in [4.69, 9.17) is 4.84 Å². The molecule has 7 heteroatoms. The number of piperidine rings is 1. The van der Waals surface area contributed by atoms with E-state index in [1.54, 1.807) is 25.8 Å². The quantitative estimate of drug-likeness (QED) is 0.918. The average Bonchev–Trinajstić information content (AvgIpc) is 2.49. The molecule has 5 nitrogen and oxygen atoms in total. The monoisotopic (exact) mass is 340 g/mol. The molecule has 132 valence electrons. The van der Waals surface area contributed by atoms with Gasteiger partial charge in [-0.05, 0) is 45.7 Å². The van der Waals surface area contributed by atoms with Gasteiger partial charge < -0.3 is 10.2 Å². The molecular weight excluding hydrogens is 318 g/mol. The highest BCUT2D eigenvalue weighted by Crippen LogP contribution is 2.23. The number of benzene rings is 1. The number of rotatable bonds is 3. The summed E-state index contributed by atoms with van der Waals surface area (Å²) in [5.74, 6) is -2.44. The highest BCUT2D eigenvalue weighted by Gasteiger charge is 2.30. The number of halogens is 2. The molecule has 1 amide bonds. The molecule has 24 heavy (non-hydrogen) atoms. The SMILES string of the molecule is CC(C)(C)C(=O)ON1CCC(C(=O)Nc2ccc(F)cc2F)CC1. The van der Waals surface area contributed by atoms with Crippen LogP contribution in [0.2, 0.25) is 0 Å². The van der Waals surface area contributed by atoms with E-state index < -0.39 is 17.0 Å². The van der Waals surface area contributed by atoms with Crippen molar-refractivity contribution in [2.45, 2.75) is 33.6 Å². The van der Waals surface area contributed by atoms with Gasteiger partial charge in [0.05, 0.1) is 11.1 Å². The maximum atomic E-state index is 13.6. The second-order valence-electron chi connectivity index (χ2n) is 6.95. The predicted molar refractivity (Wildman–Crippen MR) is 84.8 cm³/mol. The molecule has 1 aliphatic heterocycles. The standard InChI is InChI=1S/C17H22F2N2O3/c1-17(2,3)16(23)24-21-8-6-11(7-9-21)15(22)20-14-5-4-12(18)10-13(14)19/h4-5,10-11H,6-9H2,1-3H3,(H,20,22). The summed E-state index contributed by atoms with van der Waals surface area (Å²) in [6, 6.07) is 3.01. The van der Waals surface area contributed by atoms with Crippen LogP contribution in [0.5, 0.6) is 0 Å². The molecule has 0 bridgehead atoms. The molecular formula is C17H22F2N2O3. The van der Waals surface area contributed by atoms with Crippen molar-refractivity contribution >= 4 is 17.6 Å². The second kappa shape index (κ2) is 7.25. The van der Waals surface area contributed by atoms with Gasteiger partial charge in [0.25, 0.3) is 0 Å². The number of nitrogens with zero attached hydrogens (tertiary/aromatic N) is 1. The molecule has 1 heterocycles. The van der Waals surface area contributed by atoms with Crippen molar-refractivity contribution in [1.82, 2.24) is 5.06 Å². The fraction of sp³-hybridized carbons (Fsp3) is 0.529. The van der Waals surface area contributed by atoms with Gasteiger partial charge in [-0.25, -0.2) is 13.6 Å². The molecule has 1 aliphatic rings. The Morgan fingerprint density at radius 1 is 1.21 bits per heavy atom. The van der Waals surface area contributed by atoms with Crippen LogP contribution in [-0.2, 0) is 14.4 Å². The molecule has 0 saturated carbocycles. The minimum absolute atomic E-state index is 0.0389. The minimum Gasteiger partial charge on any atom is -0.367 e. The van der Waals surface area contributed by atoms with E-state index in [0.29, 0.717) is 25.9 Å². The van der Waals surface area contributed by atoms with Crippen molar-refractivity contribution in [1.29, 1.82) is 0 Å². The van der Waals surface area contributed by atoms with Crippen molar-refractivity contribution in [3.63, 3.8) is 0 Å². The van der Waals surface area contributed by atoms with Crippen molar-refractivity contribution in [2.24, 2.45) is 11.3 Å². The molecule has 1 fully saturated rings. The van der Waals surface area contributed by atoms with Gasteiger partial charge in [-0.15, -0.1) is 5.06 Å². The normalized spacial score (nSPS) is 16.7. The number of anilines is 1. The Balaban J connectivity index is 1.85. The first-order chi connectivity index (χ1) is 11.2. The lowest BCUT2D eigenvalue weighted by molar-refractivity contribution is -0.205. The number of amides is 1. The van der Waals surface area contributed by atoms with E-state index in [0.717, 1.165) is 12.1 Å². The van der Waals surface area contributed by atoms with Gasteiger partial charge in [-0.2, -0.15) is 0 Å². The molecule has 0 atom stereocenters. The highest BCUT2D eigenvalue weighted by molar-refractivity contribution is 5.92. The van der Waals surface area contributed by atoms with Crippen molar-refractivity contribution < 1.29 is 23.2 Å². The first kappa shape index (κ1) is 18.3. The van der Waals surface area contributed by atoms with E-state index in [2.05, 4.69) is 5.32 Å². The average molecular weight is 340 g/mol. The summed E-state index contributed by atoms with van der Waals surface area (Å²) < 4.78 is 26.4. The van der Waals surface area contributed by atoms with E-state index >= 15 is 0 Å². The van der Waals surface area contributed by atoms with Crippen molar-refractivity contribution in [2.75, 3.05) is 18.4 Å². The molecule has 1 saturated heterocycles. The Morgan fingerprint density at radius 3 is 2.38 bits per heavy atom. The predicted octanol–water partition coefficient (Wildman–Crippen LogP) is 3.12. The molecule has 1 aromatic carbocycles. The van der Waals surface area contributed by atoms with Crippen LogP contribution < -0.4 is 5.32 Å². The largest absolute Gasteiger partial charge is 0.367 e. The fourth-order valence-corrected chi connectivity index (χ4v) is 2.29. The summed E-state index contributed by atoms with van der Waals surface area (Å²) in [4.78, 5) is 29.3. The number of carbonyl (C=O) groups excluding carboxylic acids is 2. The lowest BCUT2D eigenvalue weighted by Gasteiger charge is -2.31. The van der Waals surface area contributed by atoms with Crippen LogP contribution in [0.25, 0.3) is 0 Å². The Morgan fingerprint density at radius 2 is 1.83 bits per heavy atom. The van der Waals surface area contributed by atoms with E-state index in [1.807, 2.05) is 0 Å². The number of hydrogen-bond acceptors (Lipinski definition) is 4. The van der Waals surface area contributed by atoms with Crippen LogP contribution in [0.15, 0.2) is 18.2 Å². The van der Waals surface area contributed by atoms with Gasteiger partial charge in [0, 0.05) is 25.1 Å². The van der Waals surface area contributed by atoms with E-state index in [-0.39, 0.29) is 23.5 Å². The minimum atomic E-state index is -0.806. The zero-order chi connectivity index (χ0) is 17.9. The fourth-order valence-electron chi connectivity index (χ4n) is 2.29. The van der Waals surface area contributed by atoms with Crippen LogP contribution in [0.3, 0.4) is 0 Å². The number of hydrogen-bond donors (Lipinski definition) is 1. The second-order valence-corrected chi connectivity index (χ2v) is 6.95. The number of nitrogens with one attached hydrogen (secondary N) is 1. The number of carbonyl (C=O) groups is 2. The van der Waals surface area contributed by atoms with Gasteiger partial charge in [-0.3, -0.25) is 4.79 Å². The topological polar surface area (TPSA) is 58.6 Å². The highest BCUT2D eigenvalue weighted by atomic mass is 19.1. The number of hydroxylamine groups is 2. The van der Waals surface area contributed by atoms with Crippen LogP contribution in [0.4, 0.5) is 14.5 Å². The molecule has 2 rings (SSSR count). The third-order valence-electron chi connectivity index (χ3n) is 3.84. The first-order valence-corrected chi connectivity index (χ1v) is 7.90. The Hall–Kier alpha value is -2.02. The van der Waals surface area contributed by atoms with Crippen LogP contribution in [0, 0.1) is 23.0 Å². The molecule has 0 unspecified atom stereocenters. The Kier molecular flexibility index (Phi) is 5.54. The lowest BCUT2D eigenvalue weighted by Crippen LogP contribution is -2.41. The third-order valence-corrected chi connectivity index (χ3v) is 3.84. The molecule has 1 N–H and O–H groups in total. The first-order valence-electron chi connectivity index (χ1n) is 7.90. The molecule has 0 aliphatic carbocycles. The maximum Gasteiger partial charge on any atom is 0.330 e. The Labute approximate surface area is 139 Å². The van der Waals surface area contributed by atoms with Crippen LogP contribution in [0.1, 0.15) is 33.6 Å². The van der Waals surface area contributed by atoms with E-state index in [1.165, 1.54) is 6.07 Å². The van der Waals surface area contributed by atoms with Gasteiger partial charge >= 0.3 is 5.97 Å². The zero-order valence-electron chi connectivity index (χ0n) is 14.1. The smallest absolute Gasteiger partial charge is 0.330 e. The molecule has 0 aromatic heterocycles. The summed E-state index contributed by atoms with van der Waals surface area (Å²) >= 11 is 0. The lowest BCUT2D eigenvalue weighted by atomic mass is 9.96. The maximum absolute atomic E-state index is 13.6. The summed E-state index contributed by atoms with van der Waals surface area (Å²) in [6.45, 7) is 6.18. The van der Waals surface area contributed by atoms with Gasteiger partial charge in [-0.1, -0.05) is 0 Å². The van der Waals surface area contributed by atoms with E-state index in [9.17, 15) is 18.4 Å². The van der Waals surface area contributed by atoms with Gasteiger partial charge in [0.1, 0.15) is 11.6 Å². The zero-order valence-corrected chi connectivity index (χ0v) is 14.1. The summed E-state index contributed by atoms with van der Waals surface area (Å²) in [7, 11) is 0. The summed E-state index contributed by atoms with van der Waals surface area (Å²) in [5.41, 5.74) is -0.628. The third kappa shape index (κ3) is 4.74. The van der Waals surface area contributed by atoms with Crippen LogP contribution in [-0.4, -0.2) is 30.0 Å². The van der Waals surface area contributed by atoms with Crippen molar-refractivity contribution in [3.8, 4) is 0 Å². The molecule has 1 aromatic rings. The van der Waals surface area contributed by atoms with Gasteiger partial charge in [0.15, 0.2) is 0 Å². The Bertz CT molecular complexity index is 621. The van der Waals surface area contributed by atoms with Crippen LogP contribution >= 0.6 is 0 Å².